The van der Waals surface area contributed by atoms with Crippen LogP contribution in [0.25, 0.3) is 0 Å². The minimum Gasteiger partial charge on any atom is -0.497 e. The van der Waals surface area contributed by atoms with Crippen LogP contribution in [-0.4, -0.2) is 13.2 Å². The number of hydrogen-bond acceptors (Lipinski definition) is 3. The summed E-state index contributed by atoms with van der Waals surface area (Å²) in [4.78, 5) is 2.47. The predicted octanol–water partition coefficient (Wildman–Crippen LogP) is 4.34. The largest absolute Gasteiger partial charge is 0.497 e. The van der Waals surface area contributed by atoms with Crippen molar-refractivity contribution in [3.05, 3.63) is 54.1 Å². The molecule has 0 radical (unpaired) electrons. The van der Waals surface area contributed by atoms with Crippen molar-refractivity contribution in [2.45, 2.75) is 36.2 Å². The zero-order chi connectivity index (χ0) is 14.4. The molecule has 20 heavy (non-hydrogen) atoms. The van der Waals surface area contributed by atoms with E-state index in [1.807, 2.05) is 12.1 Å². The minimum atomic E-state index is 0.517. The lowest BCUT2D eigenvalue weighted by Crippen LogP contribution is -2.21. The quantitative estimate of drug-likeness (QED) is 0.853. The Morgan fingerprint density at radius 3 is 2.00 bits per heavy atom. The van der Waals surface area contributed by atoms with Crippen LogP contribution < -0.4 is 10.1 Å². The van der Waals surface area contributed by atoms with Crippen LogP contribution in [0.1, 0.15) is 19.4 Å². The van der Waals surface area contributed by atoms with E-state index in [0.717, 1.165) is 12.3 Å². The lowest BCUT2D eigenvalue weighted by atomic mass is 10.2. The molecular weight excluding hydrogens is 266 g/mol. The van der Waals surface area contributed by atoms with Gasteiger partial charge in [-0.05, 0) is 42.0 Å². The summed E-state index contributed by atoms with van der Waals surface area (Å²) in [6.07, 6.45) is 0. The van der Waals surface area contributed by atoms with E-state index in [1.54, 1.807) is 18.9 Å². The molecule has 2 aromatic carbocycles. The van der Waals surface area contributed by atoms with Crippen molar-refractivity contribution in [2.24, 2.45) is 0 Å². The van der Waals surface area contributed by atoms with E-state index in [2.05, 4.69) is 55.6 Å². The van der Waals surface area contributed by atoms with E-state index in [4.69, 9.17) is 4.74 Å². The Labute approximate surface area is 125 Å². The van der Waals surface area contributed by atoms with E-state index >= 15 is 0 Å². The van der Waals surface area contributed by atoms with Crippen molar-refractivity contribution in [3.8, 4) is 5.75 Å². The number of hydrogen-bond donors (Lipinski definition) is 1. The average Bonchev–Trinajstić information content (AvgIpc) is 2.47. The van der Waals surface area contributed by atoms with Crippen LogP contribution in [0.2, 0.25) is 0 Å². The van der Waals surface area contributed by atoms with Crippen molar-refractivity contribution in [1.29, 1.82) is 0 Å². The molecule has 0 atom stereocenters. The van der Waals surface area contributed by atoms with Crippen molar-refractivity contribution in [1.82, 2.24) is 5.32 Å². The van der Waals surface area contributed by atoms with Gasteiger partial charge >= 0.3 is 0 Å². The molecule has 0 saturated heterocycles. The first-order valence-corrected chi connectivity index (χ1v) is 7.63. The summed E-state index contributed by atoms with van der Waals surface area (Å²) in [7, 11) is 1.69. The van der Waals surface area contributed by atoms with Crippen molar-refractivity contribution >= 4 is 11.8 Å². The zero-order valence-corrected chi connectivity index (χ0v) is 13.0. The van der Waals surface area contributed by atoms with Gasteiger partial charge in [0.2, 0.25) is 0 Å². The molecule has 0 heterocycles. The third-order valence-corrected chi connectivity index (χ3v) is 3.95. The molecule has 0 fully saturated rings. The molecule has 0 saturated carbocycles. The average molecular weight is 287 g/mol. The summed E-state index contributed by atoms with van der Waals surface area (Å²) >= 11 is 1.76. The van der Waals surface area contributed by atoms with Gasteiger partial charge in [-0.3, -0.25) is 0 Å². The summed E-state index contributed by atoms with van der Waals surface area (Å²) in [6, 6.07) is 17.4. The van der Waals surface area contributed by atoms with Crippen molar-refractivity contribution in [3.63, 3.8) is 0 Å². The number of nitrogens with one attached hydrogen (secondary N) is 1. The Balaban J connectivity index is 1.95. The molecule has 2 nitrogen and oxygen atoms in total. The molecule has 2 aromatic rings. The van der Waals surface area contributed by atoms with Crippen LogP contribution in [0.15, 0.2) is 58.3 Å². The normalized spacial score (nSPS) is 10.8. The van der Waals surface area contributed by atoms with Gasteiger partial charge in [-0.1, -0.05) is 37.7 Å². The summed E-state index contributed by atoms with van der Waals surface area (Å²) in [5.41, 5.74) is 1.32. The van der Waals surface area contributed by atoms with E-state index < -0.39 is 0 Å². The van der Waals surface area contributed by atoms with Gasteiger partial charge in [0.25, 0.3) is 0 Å². The first-order valence-electron chi connectivity index (χ1n) is 6.81. The topological polar surface area (TPSA) is 21.3 Å². The molecular formula is C17H21NOS. The Morgan fingerprint density at radius 2 is 1.50 bits per heavy atom. The lowest BCUT2D eigenvalue weighted by molar-refractivity contribution is 0.414. The zero-order valence-electron chi connectivity index (χ0n) is 12.2. The van der Waals surface area contributed by atoms with Gasteiger partial charge in [0.05, 0.1) is 7.11 Å². The van der Waals surface area contributed by atoms with Crippen LogP contribution in [0.4, 0.5) is 0 Å². The molecule has 1 N–H and O–H groups in total. The van der Waals surface area contributed by atoms with E-state index in [9.17, 15) is 0 Å². The van der Waals surface area contributed by atoms with Crippen molar-refractivity contribution in [2.75, 3.05) is 7.11 Å². The number of ether oxygens (including phenoxy) is 1. The molecule has 3 heteroatoms. The van der Waals surface area contributed by atoms with Gasteiger partial charge in [0.1, 0.15) is 5.75 Å². The first-order chi connectivity index (χ1) is 9.67. The SMILES string of the molecule is COc1ccc(Sc2ccc(CNC(C)C)cc2)cc1. The maximum atomic E-state index is 5.17. The highest BCUT2D eigenvalue weighted by Gasteiger charge is 2.00. The maximum absolute atomic E-state index is 5.17. The Hall–Kier alpha value is -1.45. The summed E-state index contributed by atoms with van der Waals surface area (Å²) in [5.74, 6) is 0.893. The van der Waals surface area contributed by atoms with Crippen LogP contribution in [0.5, 0.6) is 5.75 Å². The van der Waals surface area contributed by atoms with Crippen LogP contribution in [-0.2, 0) is 6.54 Å². The fourth-order valence-electron chi connectivity index (χ4n) is 1.78. The second-order valence-electron chi connectivity index (χ2n) is 4.96. The highest BCUT2D eigenvalue weighted by Crippen LogP contribution is 2.29. The third-order valence-electron chi connectivity index (χ3n) is 2.93. The Kier molecular flexibility index (Phi) is 5.50. The molecule has 106 valence electrons. The van der Waals surface area contributed by atoms with E-state index in [-0.39, 0.29) is 0 Å². The minimum absolute atomic E-state index is 0.517. The van der Waals surface area contributed by atoms with Gasteiger partial charge in [-0.2, -0.15) is 0 Å². The van der Waals surface area contributed by atoms with Gasteiger partial charge < -0.3 is 10.1 Å². The molecule has 0 aliphatic carbocycles. The molecule has 0 spiro atoms. The molecule has 2 rings (SSSR count). The highest BCUT2D eigenvalue weighted by atomic mass is 32.2. The van der Waals surface area contributed by atoms with E-state index in [0.29, 0.717) is 6.04 Å². The monoisotopic (exact) mass is 287 g/mol. The first kappa shape index (κ1) is 14.9. The fourth-order valence-corrected chi connectivity index (χ4v) is 2.59. The lowest BCUT2D eigenvalue weighted by Gasteiger charge is -2.09. The Bertz CT molecular complexity index is 520. The second-order valence-corrected chi connectivity index (χ2v) is 6.10. The second kappa shape index (κ2) is 7.36. The van der Waals surface area contributed by atoms with Crippen molar-refractivity contribution < 1.29 is 4.74 Å². The van der Waals surface area contributed by atoms with E-state index in [1.165, 1.54) is 15.4 Å². The molecule has 0 aliphatic rings. The number of benzene rings is 2. The highest BCUT2D eigenvalue weighted by molar-refractivity contribution is 7.99. The number of methoxy groups -OCH3 is 1. The van der Waals surface area contributed by atoms with Crippen LogP contribution in [0, 0.1) is 0 Å². The predicted molar refractivity (Wildman–Crippen MR) is 85.5 cm³/mol. The molecule has 0 unspecified atom stereocenters. The summed E-state index contributed by atoms with van der Waals surface area (Å²) in [5, 5.41) is 3.42. The third kappa shape index (κ3) is 4.58. The van der Waals surface area contributed by atoms with Gasteiger partial charge in [0, 0.05) is 22.4 Å². The Morgan fingerprint density at radius 1 is 0.950 bits per heavy atom. The summed E-state index contributed by atoms with van der Waals surface area (Å²) in [6.45, 7) is 5.24. The van der Waals surface area contributed by atoms with Crippen LogP contribution in [0.3, 0.4) is 0 Å². The van der Waals surface area contributed by atoms with Gasteiger partial charge in [-0.15, -0.1) is 0 Å². The summed E-state index contributed by atoms with van der Waals surface area (Å²) < 4.78 is 5.17. The maximum Gasteiger partial charge on any atom is 0.118 e. The number of rotatable bonds is 6. The molecule has 0 aromatic heterocycles. The van der Waals surface area contributed by atoms with Gasteiger partial charge in [0.15, 0.2) is 0 Å². The standard InChI is InChI=1S/C17H21NOS/c1-13(2)18-12-14-4-8-16(9-5-14)20-17-10-6-15(19-3)7-11-17/h4-11,13,18H,12H2,1-3H3. The van der Waals surface area contributed by atoms with Gasteiger partial charge in [-0.25, -0.2) is 0 Å². The van der Waals surface area contributed by atoms with Crippen LogP contribution >= 0.6 is 11.8 Å². The molecule has 0 bridgehead atoms. The molecule has 0 amide bonds. The smallest absolute Gasteiger partial charge is 0.118 e. The fraction of sp³-hybridized carbons (Fsp3) is 0.294. The molecule has 0 aliphatic heterocycles.